The number of imide groups is 1. The Kier molecular flexibility index (Phi) is 4.88. The molecule has 30 heavy (non-hydrogen) atoms. The smallest absolute Gasteiger partial charge is 0.255 e. The Morgan fingerprint density at radius 3 is 2.50 bits per heavy atom. The van der Waals surface area contributed by atoms with E-state index in [0.29, 0.717) is 13.0 Å². The van der Waals surface area contributed by atoms with Gasteiger partial charge in [0.1, 0.15) is 6.04 Å². The molecule has 160 valence electrons. The first kappa shape index (κ1) is 19.7. The van der Waals surface area contributed by atoms with E-state index >= 15 is 0 Å². The Morgan fingerprint density at radius 2 is 1.80 bits per heavy atom. The van der Waals surface area contributed by atoms with Crippen LogP contribution in [0.1, 0.15) is 47.2 Å². The number of rotatable bonds is 5. The molecule has 0 bridgehead atoms. The fourth-order valence-electron chi connectivity index (χ4n) is 4.93. The van der Waals surface area contributed by atoms with Gasteiger partial charge in [0, 0.05) is 63.3 Å². The van der Waals surface area contributed by atoms with Crippen molar-refractivity contribution in [3.63, 3.8) is 0 Å². The van der Waals surface area contributed by atoms with Crippen LogP contribution in [0, 0.1) is 0 Å². The number of fused-ring (bicyclic) bond motifs is 1. The van der Waals surface area contributed by atoms with Gasteiger partial charge >= 0.3 is 0 Å². The second-order valence-electron chi connectivity index (χ2n) is 9.27. The van der Waals surface area contributed by atoms with Crippen LogP contribution in [0.4, 0.5) is 0 Å². The predicted molar refractivity (Wildman–Crippen MR) is 110 cm³/mol. The summed E-state index contributed by atoms with van der Waals surface area (Å²) in [4.78, 5) is 43.4. The summed E-state index contributed by atoms with van der Waals surface area (Å²) in [7, 11) is 0. The summed E-state index contributed by atoms with van der Waals surface area (Å²) in [6.45, 7) is 6.09. The molecule has 3 N–H and O–H groups in total. The van der Waals surface area contributed by atoms with Crippen molar-refractivity contribution >= 4 is 17.7 Å². The van der Waals surface area contributed by atoms with E-state index in [0.717, 1.165) is 68.8 Å². The molecule has 1 unspecified atom stereocenters. The van der Waals surface area contributed by atoms with E-state index in [-0.39, 0.29) is 29.7 Å². The van der Waals surface area contributed by atoms with Crippen LogP contribution < -0.4 is 11.1 Å². The van der Waals surface area contributed by atoms with Crippen molar-refractivity contribution in [1.29, 1.82) is 0 Å². The van der Waals surface area contributed by atoms with E-state index in [1.165, 1.54) is 0 Å². The zero-order valence-corrected chi connectivity index (χ0v) is 17.2. The second-order valence-corrected chi connectivity index (χ2v) is 9.27. The summed E-state index contributed by atoms with van der Waals surface area (Å²) < 4.78 is 0. The van der Waals surface area contributed by atoms with E-state index in [1.54, 1.807) is 4.90 Å². The minimum absolute atomic E-state index is 0.0499. The van der Waals surface area contributed by atoms with Crippen LogP contribution in [0.5, 0.6) is 0 Å². The summed E-state index contributed by atoms with van der Waals surface area (Å²) in [5.41, 5.74) is 9.05. The summed E-state index contributed by atoms with van der Waals surface area (Å²) in [6, 6.07) is 5.43. The van der Waals surface area contributed by atoms with Gasteiger partial charge in [-0.25, -0.2) is 0 Å². The standard InChI is InChI=1S/C22H29N5O3/c23-22(6-7-22)14-26-10-8-25(9-11-26)12-15-2-1-3-16-13-27(21(30)19(15)16)17-4-5-18(28)24-20(17)29/h1-3,17H,4-14,23H2,(H,24,28,29). The van der Waals surface area contributed by atoms with E-state index in [4.69, 9.17) is 5.73 Å². The quantitative estimate of drug-likeness (QED) is 0.665. The predicted octanol–water partition coefficient (Wildman–Crippen LogP) is 0.0565. The molecule has 1 atom stereocenters. The molecular weight excluding hydrogens is 382 g/mol. The van der Waals surface area contributed by atoms with Crippen molar-refractivity contribution in [1.82, 2.24) is 20.0 Å². The molecule has 0 spiro atoms. The van der Waals surface area contributed by atoms with Gasteiger partial charge in [-0.1, -0.05) is 18.2 Å². The van der Waals surface area contributed by atoms with Crippen molar-refractivity contribution < 1.29 is 14.4 Å². The largest absolute Gasteiger partial charge is 0.324 e. The molecule has 1 aliphatic carbocycles. The average molecular weight is 412 g/mol. The third-order valence-corrected chi connectivity index (χ3v) is 6.93. The van der Waals surface area contributed by atoms with Crippen molar-refractivity contribution in [2.45, 2.75) is 50.4 Å². The topological polar surface area (TPSA) is 99.0 Å². The Labute approximate surface area is 176 Å². The normalized spacial score (nSPS) is 26.6. The number of hydrogen-bond acceptors (Lipinski definition) is 6. The zero-order chi connectivity index (χ0) is 20.9. The van der Waals surface area contributed by atoms with E-state index in [1.807, 2.05) is 18.2 Å². The number of nitrogens with one attached hydrogen (secondary N) is 1. The minimum Gasteiger partial charge on any atom is -0.324 e. The zero-order valence-electron chi connectivity index (χ0n) is 17.2. The Hall–Kier alpha value is -2.29. The fraction of sp³-hybridized carbons (Fsp3) is 0.591. The van der Waals surface area contributed by atoms with E-state index in [2.05, 4.69) is 15.1 Å². The van der Waals surface area contributed by atoms with Crippen molar-refractivity contribution in [3.8, 4) is 0 Å². The molecule has 4 aliphatic rings. The lowest BCUT2D eigenvalue weighted by Gasteiger charge is -2.36. The highest BCUT2D eigenvalue weighted by molar-refractivity contribution is 6.05. The molecule has 3 aliphatic heterocycles. The van der Waals surface area contributed by atoms with Crippen molar-refractivity contribution in [3.05, 3.63) is 34.9 Å². The van der Waals surface area contributed by atoms with Gasteiger partial charge in [-0.3, -0.25) is 29.5 Å². The lowest BCUT2D eigenvalue weighted by Crippen LogP contribution is -2.52. The molecule has 0 aromatic heterocycles. The molecule has 1 aromatic rings. The molecule has 8 nitrogen and oxygen atoms in total. The Balaban J connectivity index is 1.25. The van der Waals surface area contributed by atoms with Crippen LogP contribution >= 0.6 is 0 Å². The van der Waals surface area contributed by atoms with E-state index in [9.17, 15) is 14.4 Å². The maximum absolute atomic E-state index is 13.2. The number of benzene rings is 1. The number of carbonyl (C=O) groups excluding carboxylic acids is 3. The number of piperidine rings is 1. The first-order chi connectivity index (χ1) is 14.4. The van der Waals surface area contributed by atoms with Crippen molar-refractivity contribution in [2.24, 2.45) is 5.73 Å². The van der Waals surface area contributed by atoms with Gasteiger partial charge < -0.3 is 10.6 Å². The second kappa shape index (κ2) is 7.44. The number of nitrogens with zero attached hydrogens (tertiary/aromatic N) is 3. The summed E-state index contributed by atoms with van der Waals surface area (Å²) in [5.74, 6) is -0.714. The minimum atomic E-state index is -0.565. The Bertz CT molecular complexity index is 889. The molecule has 3 heterocycles. The molecule has 8 heteroatoms. The molecule has 0 radical (unpaired) electrons. The van der Waals surface area contributed by atoms with E-state index < -0.39 is 6.04 Å². The van der Waals surface area contributed by atoms with Crippen LogP contribution in [0.3, 0.4) is 0 Å². The first-order valence-electron chi connectivity index (χ1n) is 10.9. The summed E-state index contributed by atoms with van der Waals surface area (Å²) in [5, 5.41) is 2.36. The number of carbonyl (C=O) groups is 3. The first-order valence-corrected chi connectivity index (χ1v) is 10.9. The molecule has 3 fully saturated rings. The van der Waals surface area contributed by atoms with Gasteiger partial charge in [0.25, 0.3) is 5.91 Å². The lowest BCUT2D eigenvalue weighted by molar-refractivity contribution is -0.136. The van der Waals surface area contributed by atoms with Gasteiger partial charge in [0.05, 0.1) is 0 Å². The molecule has 3 amide bonds. The average Bonchev–Trinajstić information content (AvgIpc) is 3.34. The van der Waals surface area contributed by atoms with Crippen LogP contribution in [-0.2, 0) is 22.7 Å². The van der Waals surface area contributed by atoms with Crippen molar-refractivity contribution in [2.75, 3.05) is 32.7 Å². The molecule has 5 rings (SSSR count). The van der Waals surface area contributed by atoms with Crippen LogP contribution in [0.15, 0.2) is 18.2 Å². The summed E-state index contributed by atoms with van der Waals surface area (Å²) in [6.07, 6.45) is 2.94. The highest BCUT2D eigenvalue weighted by atomic mass is 16.2. The number of amides is 3. The SMILES string of the molecule is NC1(CN2CCN(Cc3cccc4c3C(=O)N(C3CCC(=O)NC3=O)C4)CC2)CC1. The molecule has 1 saturated carbocycles. The third-order valence-electron chi connectivity index (χ3n) is 6.93. The molecule has 2 saturated heterocycles. The van der Waals surface area contributed by atoms with Crippen LogP contribution in [0.2, 0.25) is 0 Å². The maximum atomic E-state index is 13.2. The van der Waals surface area contributed by atoms with Gasteiger partial charge in [-0.05, 0) is 30.4 Å². The van der Waals surface area contributed by atoms with Crippen LogP contribution in [-0.4, -0.2) is 76.7 Å². The monoisotopic (exact) mass is 411 g/mol. The Morgan fingerprint density at radius 1 is 1.07 bits per heavy atom. The number of nitrogens with two attached hydrogens (primary N) is 1. The van der Waals surface area contributed by atoms with Gasteiger partial charge in [-0.2, -0.15) is 0 Å². The van der Waals surface area contributed by atoms with Crippen LogP contribution in [0.25, 0.3) is 0 Å². The highest BCUT2D eigenvalue weighted by Crippen LogP contribution is 2.33. The fourth-order valence-corrected chi connectivity index (χ4v) is 4.93. The maximum Gasteiger partial charge on any atom is 0.255 e. The van der Waals surface area contributed by atoms with Gasteiger partial charge in [-0.15, -0.1) is 0 Å². The summed E-state index contributed by atoms with van der Waals surface area (Å²) >= 11 is 0. The highest BCUT2D eigenvalue weighted by Gasteiger charge is 2.41. The van der Waals surface area contributed by atoms with Gasteiger partial charge in [0.2, 0.25) is 11.8 Å². The third kappa shape index (κ3) is 3.75. The molecular formula is C22H29N5O3. The number of piperazine rings is 1. The van der Waals surface area contributed by atoms with Gasteiger partial charge in [0.15, 0.2) is 0 Å². The number of hydrogen-bond donors (Lipinski definition) is 2. The lowest BCUT2D eigenvalue weighted by atomic mass is 10.0. The molecule has 1 aromatic carbocycles.